The Hall–Kier alpha value is -0.300. The standard InChI is InChI=1S/C14H19Cl3O5/c1-5-7-13(17)12(19,8-9(18)22-6-2)10(15)11(16)14(13,20-3)21-4/h5,19H,1,6-8H2,2-4H3/t12-,13-/m1/s1. The highest BCUT2D eigenvalue weighted by Gasteiger charge is 2.72. The van der Waals surface area contributed by atoms with Crippen LogP contribution in [0.5, 0.6) is 0 Å². The Labute approximate surface area is 144 Å². The van der Waals surface area contributed by atoms with Gasteiger partial charge in [0.05, 0.1) is 23.1 Å². The van der Waals surface area contributed by atoms with E-state index in [-0.39, 0.29) is 23.1 Å². The number of rotatable bonds is 7. The van der Waals surface area contributed by atoms with Crippen molar-refractivity contribution >= 4 is 40.8 Å². The molecular formula is C14H19Cl3O5. The molecular weight excluding hydrogens is 355 g/mol. The number of hydrogen-bond donors (Lipinski definition) is 1. The van der Waals surface area contributed by atoms with E-state index in [1.165, 1.54) is 20.3 Å². The minimum Gasteiger partial charge on any atom is -0.466 e. The molecule has 0 aliphatic heterocycles. The molecule has 0 amide bonds. The van der Waals surface area contributed by atoms with Gasteiger partial charge >= 0.3 is 5.97 Å². The molecule has 0 radical (unpaired) electrons. The fourth-order valence-corrected chi connectivity index (χ4v) is 4.11. The SMILES string of the molecule is C=CC[C@]1(Cl)C(OC)(OC)C(Cl)=C(Cl)[C@]1(O)CC(=O)OCC. The fourth-order valence-electron chi connectivity index (χ4n) is 2.67. The highest BCUT2D eigenvalue weighted by molar-refractivity contribution is 6.44. The Morgan fingerprint density at radius 2 is 1.86 bits per heavy atom. The second-order valence-corrected chi connectivity index (χ2v) is 6.19. The molecule has 0 unspecified atom stereocenters. The fraction of sp³-hybridized carbons (Fsp3) is 0.643. The molecule has 0 saturated carbocycles. The highest BCUT2D eigenvalue weighted by Crippen LogP contribution is 2.61. The molecule has 1 rings (SSSR count). The third kappa shape index (κ3) is 2.58. The summed E-state index contributed by atoms with van der Waals surface area (Å²) in [5.74, 6) is -2.40. The average Bonchev–Trinajstić information content (AvgIpc) is 2.58. The third-order valence-electron chi connectivity index (χ3n) is 3.73. The van der Waals surface area contributed by atoms with Crippen LogP contribution < -0.4 is 0 Å². The van der Waals surface area contributed by atoms with Gasteiger partial charge in [-0.3, -0.25) is 4.79 Å². The van der Waals surface area contributed by atoms with Crippen LogP contribution in [0, 0.1) is 0 Å². The van der Waals surface area contributed by atoms with Crippen LogP contribution in [-0.4, -0.2) is 48.2 Å². The van der Waals surface area contributed by atoms with Crippen molar-refractivity contribution in [3.05, 3.63) is 22.7 Å². The molecule has 8 heteroatoms. The lowest BCUT2D eigenvalue weighted by molar-refractivity contribution is -0.215. The van der Waals surface area contributed by atoms with E-state index in [4.69, 9.17) is 49.0 Å². The quantitative estimate of drug-likeness (QED) is 0.322. The minimum absolute atomic E-state index is 0.0125. The van der Waals surface area contributed by atoms with Crippen molar-refractivity contribution in [3.63, 3.8) is 0 Å². The molecule has 2 atom stereocenters. The molecule has 0 spiro atoms. The van der Waals surface area contributed by atoms with Crippen LogP contribution in [0.15, 0.2) is 22.7 Å². The van der Waals surface area contributed by atoms with Gasteiger partial charge in [-0.25, -0.2) is 0 Å². The minimum atomic E-state index is -2.03. The molecule has 0 aromatic heterocycles. The van der Waals surface area contributed by atoms with Crippen molar-refractivity contribution in [1.29, 1.82) is 0 Å². The number of aliphatic hydroxyl groups is 1. The van der Waals surface area contributed by atoms with Gasteiger partial charge in [0, 0.05) is 14.2 Å². The first kappa shape index (κ1) is 19.7. The van der Waals surface area contributed by atoms with Crippen molar-refractivity contribution in [2.75, 3.05) is 20.8 Å². The molecule has 22 heavy (non-hydrogen) atoms. The third-order valence-corrected chi connectivity index (χ3v) is 5.48. The topological polar surface area (TPSA) is 65.0 Å². The molecule has 0 aromatic carbocycles. The van der Waals surface area contributed by atoms with Crippen molar-refractivity contribution in [1.82, 2.24) is 0 Å². The monoisotopic (exact) mass is 372 g/mol. The highest BCUT2D eigenvalue weighted by atomic mass is 35.5. The van der Waals surface area contributed by atoms with E-state index in [9.17, 15) is 9.90 Å². The van der Waals surface area contributed by atoms with Gasteiger partial charge in [0.15, 0.2) is 0 Å². The molecule has 0 heterocycles. The normalized spacial score (nSPS) is 30.5. The molecule has 1 N–H and O–H groups in total. The summed E-state index contributed by atoms with van der Waals surface area (Å²) in [5, 5.41) is 10.7. The smallest absolute Gasteiger partial charge is 0.309 e. The first-order valence-corrected chi connectivity index (χ1v) is 7.68. The molecule has 0 bridgehead atoms. The van der Waals surface area contributed by atoms with Crippen molar-refractivity contribution < 1.29 is 24.1 Å². The summed E-state index contributed by atoms with van der Waals surface area (Å²) in [4.78, 5) is 10.2. The second-order valence-electron chi connectivity index (χ2n) is 4.79. The Morgan fingerprint density at radius 1 is 1.32 bits per heavy atom. The van der Waals surface area contributed by atoms with E-state index in [2.05, 4.69) is 6.58 Å². The zero-order valence-electron chi connectivity index (χ0n) is 12.6. The van der Waals surface area contributed by atoms with Gasteiger partial charge < -0.3 is 19.3 Å². The van der Waals surface area contributed by atoms with Gasteiger partial charge in [-0.15, -0.1) is 18.2 Å². The number of hydrogen-bond acceptors (Lipinski definition) is 5. The summed E-state index contributed by atoms with van der Waals surface area (Å²) in [7, 11) is 2.62. The van der Waals surface area contributed by atoms with Crippen molar-refractivity contribution in [3.8, 4) is 0 Å². The lowest BCUT2D eigenvalue weighted by atomic mass is 9.81. The van der Waals surface area contributed by atoms with Gasteiger partial charge in [-0.1, -0.05) is 29.3 Å². The summed E-state index contributed by atoms with van der Waals surface area (Å²) < 4.78 is 15.6. The van der Waals surface area contributed by atoms with E-state index in [0.717, 1.165) is 0 Å². The van der Waals surface area contributed by atoms with Crippen LogP contribution in [0.2, 0.25) is 0 Å². The number of carbonyl (C=O) groups excluding carboxylic acids is 1. The van der Waals surface area contributed by atoms with Crippen LogP contribution in [0.1, 0.15) is 19.8 Å². The maximum absolute atomic E-state index is 11.9. The first-order valence-electron chi connectivity index (χ1n) is 6.55. The molecule has 0 saturated heterocycles. The summed E-state index contributed by atoms with van der Waals surface area (Å²) >= 11 is 19.1. The van der Waals surface area contributed by atoms with Gasteiger partial charge in [-0.05, 0) is 13.3 Å². The number of carbonyl (C=O) groups is 1. The van der Waals surface area contributed by atoms with Gasteiger partial charge in [-0.2, -0.15) is 0 Å². The van der Waals surface area contributed by atoms with E-state index >= 15 is 0 Å². The van der Waals surface area contributed by atoms with Gasteiger partial charge in [0.2, 0.25) is 5.79 Å². The Kier molecular flexibility index (Phi) is 6.35. The van der Waals surface area contributed by atoms with Crippen molar-refractivity contribution in [2.24, 2.45) is 0 Å². The zero-order valence-corrected chi connectivity index (χ0v) is 14.9. The van der Waals surface area contributed by atoms with Crippen LogP contribution >= 0.6 is 34.8 Å². The Morgan fingerprint density at radius 3 is 2.27 bits per heavy atom. The molecule has 1 aliphatic rings. The number of esters is 1. The van der Waals surface area contributed by atoms with E-state index in [1.54, 1.807) is 6.92 Å². The average molecular weight is 374 g/mol. The van der Waals surface area contributed by atoms with E-state index in [0.29, 0.717) is 0 Å². The van der Waals surface area contributed by atoms with Crippen LogP contribution in [0.3, 0.4) is 0 Å². The summed E-state index contributed by atoms with van der Waals surface area (Å²) in [6, 6.07) is 0. The predicted molar refractivity (Wildman–Crippen MR) is 85.1 cm³/mol. The zero-order chi connectivity index (χ0) is 17.2. The molecule has 0 fully saturated rings. The molecule has 1 aliphatic carbocycles. The first-order chi connectivity index (χ1) is 10.2. The lowest BCUT2D eigenvalue weighted by Crippen LogP contribution is -2.62. The van der Waals surface area contributed by atoms with Crippen LogP contribution in [-0.2, 0) is 19.0 Å². The predicted octanol–water partition coefficient (Wildman–Crippen LogP) is 2.92. The number of halogens is 3. The Balaban J connectivity index is 3.47. The number of allylic oxidation sites excluding steroid dienone is 1. The molecule has 126 valence electrons. The summed E-state index contributed by atoms with van der Waals surface area (Å²) in [6.45, 7) is 5.41. The number of methoxy groups -OCH3 is 2. The lowest BCUT2D eigenvalue weighted by Gasteiger charge is -2.45. The molecule has 5 nitrogen and oxygen atoms in total. The summed E-state index contributed by atoms with van der Waals surface area (Å²) in [6.07, 6.45) is 0.968. The second kappa shape index (κ2) is 7.07. The largest absolute Gasteiger partial charge is 0.466 e. The Bertz CT molecular complexity index is 489. The van der Waals surface area contributed by atoms with Crippen molar-refractivity contribution in [2.45, 2.75) is 36.0 Å². The van der Waals surface area contributed by atoms with Gasteiger partial charge in [0.1, 0.15) is 10.5 Å². The number of alkyl halides is 1. The summed E-state index contributed by atoms with van der Waals surface area (Å²) in [5.41, 5.74) is -2.03. The maximum Gasteiger partial charge on any atom is 0.309 e. The van der Waals surface area contributed by atoms with Crippen LogP contribution in [0.4, 0.5) is 0 Å². The van der Waals surface area contributed by atoms with Crippen LogP contribution in [0.25, 0.3) is 0 Å². The van der Waals surface area contributed by atoms with Gasteiger partial charge in [0.25, 0.3) is 0 Å². The molecule has 0 aromatic rings. The van der Waals surface area contributed by atoms with E-state index in [1.807, 2.05) is 0 Å². The van der Waals surface area contributed by atoms with E-state index < -0.39 is 28.7 Å². The maximum atomic E-state index is 11.9. The number of ether oxygens (including phenoxy) is 3.